The molecule has 1 N–H and O–H groups in total. The first kappa shape index (κ1) is 13.2. The predicted octanol–water partition coefficient (Wildman–Crippen LogP) is 3.61. The van der Waals surface area contributed by atoms with E-state index in [1.165, 1.54) is 12.1 Å². The highest BCUT2D eigenvalue weighted by atomic mass is 79.9. The lowest BCUT2D eigenvalue weighted by molar-refractivity contribution is -0.383. The monoisotopic (exact) mass is 321 g/mol. The number of carbonyl (C=O) groups is 1. The Kier molecular flexibility index (Phi) is 3.62. The molecule has 0 spiro atoms. The second-order valence-corrected chi connectivity index (χ2v) is 4.62. The maximum Gasteiger partial charge on any atom is 0.328 e. The van der Waals surface area contributed by atoms with Gasteiger partial charge in [-0.1, -0.05) is 34.1 Å². The third-order valence-corrected chi connectivity index (χ3v) is 3.29. The molecule has 0 heterocycles. The standard InChI is InChI=1S/C13H8BrNO4/c14-10-5-6-11(15(18)19)13-8(4-7-12(16)17)2-1-3-9(10)13/h1-7H,(H,16,17). The van der Waals surface area contributed by atoms with Gasteiger partial charge in [-0.05, 0) is 17.7 Å². The number of aliphatic carboxylic acids is 1. The molecule has 0 saturated carbocycles. The van der Waals surface area contributed by atoms with Crippen LogP contribution in [0.25, 0.3) is 16.8 Å². The number of carboxylic acids is 1. The van der Waals surface area contributed by atoms with Crippen molar-refractivity contribution in [3.63, 3.8) is 0 Å². The van der Waals surface area contributed by atoms with Crippen LogP contribution in [0.3, 0.4) is 0 Å². The number of hydrogen-bond donors (Lipinski definition) is 1. The quantitative estimate of drug-likeness (QED) is 0.532. The number of rotatable bonds is 3. The van der Waals surface area contributed by atoms with Gasteiger partial charge in [0.25, 0.3) is 5.69 Å². The molecule has 96 valence electrons. The first-order valence-electron chi connectivity index (χ1n) is 5.27. The Morgan fingerprint density at radius 3 is 2.68 bits per heavy atom. The van der Waals surface area contributed by atoms with Gasteiger partial charge < -0.3 is 5.11 Å². The Hall–Kier alpha value is -2.21. The molecular formula is C13H8BrNO4. The molecule has 2 rings (SSSR count). The Morgan fingerprint density at radius 2 is 2.05 bits per heavy atom. The van der Waals surface area contributed by atoms with Gasteiger partial charge in [0, 0.05) is 22.0 Å². The minimum absolute atomic E-state index is 0.0520. The van der Waals surface area contributed by atoms with E-state index in [0.29, 0.717) is 16.3 Å². The van der Waals surface area contributed by atoms with Crippen LogP contribution in [0.2, 0.25) is 0 Å². The molecule has 0 aliphatic carbocycles. The van der Waals surface area contributed by atoms with Gasteiger partial charge in [0.15, 0.2) is 0 Å². The number of nitro benzene ring substituents is 1. The molecule has 0 bridgehead atoms. The van der Waals surface area contributed by atoms with Gasteiger partial charge in [0.2, 0.25) is 0 Å². The molecule has 0 aliphatic heterocycles. The summed E-state index contributed by atoms with van der Waals surface area (Å²) in [5, 5.41) is 20.8. The topological polar surface area (TPSA) is 80.4 Å². The molecule has 0 atom stereocenters. The van der Waals surface area contributed by atoms with Gasteiger partial charge in [0.1, 0.15) is 0 Å². The number of benzene rings is 2. The summed E-state index contributed by atoms with van der Waals surface area (Å²) in [6, 6.07) is 8.10. The van der Waals surface area contributed by atoms with Crippen LogP contribution in [-0.2, 0) is 4.79 Å². The van der Waals surface area contributed by atoms with E-state index in [0.717, 1.165) is 10.5 Å². The average molecular weight is 322 g/mol. The summed E-state index contributed by atoms with van der Waals surface area (Å²) in [5.41, 5.74) is 0.441. The summed E-state index contributed by atoms with van der Waals surface area (Å²) >= 11 is 3.33. The normalized spacial score (nSPS) is 11.0. The molecule has 0 aliphatic rings. The zero-order valence-electron chi connectivity index (χ0n) is 9.54. The lowest BCUT2D eigenvalue weighted by Crippen LogP contribution is -1.92. The Bertz CT molecular complexity index is 709. The van der Waals surface area contributed by atoms with Gasteiger partial charge in [-0.25, -0.2) is 4.79 Å². The van der Waals surface area contributed by atoms with E-state index < -0.39 is 10.9 Å². The maximum absolute atomic E-state index is 11.1. The van der Waals surface area contributed by atoms with Crippen LogP contribution in [0.1, 0.15) is 5.56 Å². The van der Waals surface area contributed by atoms with E-state index in [9.17, 15) is 14.9 Å². The van der Waals surface area contributed by atoms with Gasteiger partial charge in [-0.3, -0.25) is 10.1 Å². The maximum atomic E-state index is 11.1. The second kappa shape index (κ2) is 5.19. The van der Waals surface area contributed by atoms with Crippen LogP contribution in [-0.4, -0.2) is 16.0 Å². The van der Waals surface area contributed by atoms with Crippen LogP contribution in [0.4, 0.5) is 5.69 Å². The molecule has 0 radical (unpaired) electrons. The largest absolute Gasteiger partial charge is 0.478 e. The van der Waals surface area contributed by atoms with E-state index in [4.69, 9.17) is 5.11 Å². The molecule has 5 nitrogen and oxygen atoms in total. The Morgan fingerprint density at radius 1 is 1.32 bits per heavy atom. The fourth-order valence-corrected chi connectivity index (χ4v) is 2.29. The first-order chi connectivity index (χ1) is 9.00. The smallest absolute Gasteiger partial charge is 0.328 e. The first-order valence-corrected chi connectivity index (χ1v) is 6.06. The summed E-state index contributed by atoms with van der Waals surface area (Å²) in [6.45, 7) is 0. The molecular weight excluding hydrogens is 314 g/mol. The summed E-state index contributed by atoms with van der Waals surface area (Å²) in [4.78, 5) is 21.2. The van der Waals surface area contributed by atoms with Crippen molar-refractivity contribution in [3.8, 4) is 0 Å². The fraction of sp³-hybridized carbons (Fsp3) is 0. The zero-order valence-corrected chi connectivity index (χ0v) is 11.1. The number of fused-ring (bicyclic) bond motifs is 1. The van der Waals surface area contributed by atoms with Crippen molar-refractivity contribution in [2.24, 2.45) is 0 Å². The Balaban J connectivity index is 2.81. The zero-order chi connectivity index (χ0) is 14.0. The van der Waals surface area contributed by atoms with E-state index >= 15 is 0 Å². The van der Waals surface area contributed by atoms with Crippen molar-refractivity contribution in [2.45, 2.75) is 0 Å². The van der Waals surface area contributed by atoms with Crippen molar-refractivity contribution in [1.29, 1.82) is 0 Å². The third-order valence-electron chi connectivity index (χ3n) is 2.60. The van der Waals surface area contributed by atoms with E-state index in [2.05, 4.69) is 15.9 Å². The number of carboxylic acid groups (broad SMARTS) is 1. The fourth-order valence-electron chi connectivity index (χ4n) is 1.83. The van der Waals surface area contributed by atoms with E-state index in [1.54, 1.807) is 24.3 Å². The minimum atomic E-state index is -1.10. The highest BCUT2D eigenvalue weighted by molar-refractivity contribution is 9.10. The van der Waals surface area contributed by atoms with Gasteiger partial charge in [-0.15, -0.1) is 0 Å². The van der Waals surface area contributed by atoms with E-state index in [-0.39, 0.29) is 5.69 Å². The lowest BCUT2D eigenvalue weighted by atomic mass is 10.0. The van der Waals surface area contributed by atoms with Gasteiger partial charge in [0.05, 0.1) is 10.3 Å². The molecule has 0 saturated heterocycles. The van der Waals surface area contributed by atoms with Crippen molar-refractivity contribution < 1.29 is 14.8 Å². The molecule has 6 heteroatoms. The van der Waals surface area contributed by atoms with Crippen LogP contribution < -0.4 is 0 Å². The SMILES string of the molecule is O=C(O)C=Cc1cccc2c(Br)ccc([N+](=O)[O-])c12. The second-order valence-electron chi connectivity index (χ2n) is 3.76. The molecule has 0 aromatic heterocycles. The molecule has 2 aromatic rings. The minimum Gasteiger partial charge on any atom is -0.478 e. The summed E-state index contributed by atoms with van der Waals surface area (Å²) in [7, 11) is 0. The number of halogens is 1. The van der Waals surface area contributed by atoms with Crippen LogP contribution >= 0.6 is 15.9 Å². The third kappa shape index (κ3) is 2.63. The van der Waals surface area contributed by atoms with Crippen LogP contribution in [0.15, 0.2) is 40.9 Å². The van der Waals surface area contributed by atoms with Gasteiger partial charge >= 0.3 is 5.97 Å². The van der Waals surface area contributed by atoms with Gasteiger partial charge in [-0.2, -0.15) is 0 Å². The van der Waals surface area contributed by atoms with Crippen molar-refractivity contribution in [3.05, 3.63) is 56.6 Å². The van der Waals surface area contributed by atoms with E-state index in [1.807, 2.05) is 0 Å². The van der Waals surface area contributed by atoms with Crippen LogP contribution in [0.5, 0.6) is 0 Å². The summed E-state index contributed by atoms with van der Waals surface area (Å²) in [6.07, 6.45) is 2.31. The number of non-ortho nitro benzene ring substituents is 1. The highest BCUT2D eigenvalue weighted by Gasteiger charge is 2.15. The summed E-state index contributed by atoms with van der Waals surface area (Å²) < 4.78 is 0.721. The predicted molar refractivity (Wildman–Crippen MR) is 75.0 cm³/mol. The number of nitro groups is 1. The average Bonchev–Trinajstić information content (AvgIpc) is 2.36. The molecule has 0 fully saturated rings. The molecule has 2 aromatic carbocycles. The van der Waals surface area contributed by atoms with Crippen molar-refractivity contribution in [2.75, 3.05) is 0 Å². The van der Waals surface area contributed by atoms with Crippen LogP contribution in [0, 0.1) is 10.1 Å². The molecule has 19 heavy (non-hydrogen) atoms. The van der Waals surface area contributed by atoms with Crippen molar-refractivity contribution in [1.82, 2.24) is 0 Å². The summed E-state index contributed by atoms with van der Waals surface area (Å²) in [5.74, 6) is -1.10. The number of hydrogen-bond acceptors (Lipinski definition) is 3. The molecule has 0 unspecified atom stereocenters. The van der Waals surface area contributed by atoms with Crippen molar-refractivity contribution >= 4 is 44.4 Å². The lowest BCUT2D eigenvalue weighted by Gasteiger charge is -2.05. The molecule has 0 amide bonds. The Labute approximate surface area is 116 Å². The highest BCUT2D eigenvalue weighted by Crippen LogP contribution is 2.34. The number of nitrogens with zero attached hydrogens (tertiary/aromatic N) is 1.